The minimum Gasteiger partial charge on any atom is -0.377 e. The highest BCUT2D eigenvalue weighted by molar-refractivity contribution is 6.31. The second kappa shape index (κ2) is 7.07. The van der Waals surface area contributed by atoms with Crippen molar-refractivity contribution in [2.75, 3.05) is 6.61 Å². The van der Waals surface area contributed by atoms with Crippen molar-refractivity contribution in [1.82, 2.24) is 0 Å². The molecular formula is C14H21ClFNO. The quantitative estimate of drug-likeness (QED) is 0.862. The summed E-state index contributed by atoms with van der Waals surface area (Å²) in [6.45, 7) is 6.74. The Labute approximate surface area is 113 Å². The van der Waals surface area contributed by atoms with Crippen molar-refractivity contribution in [2.45, 2.75) is 39.3 Å². The molecule has 2 nitrogen and oxygen atoms in total. The van der Waals surface area contributed by atoms with Gasteiger partial charge in [0.1, 0.15) is 5.82 Å². The Kier molecular flexibility index (Phi) is 6.06. The van der Waals surface area contributed by atoms with Crippen LogP contribution in [-0.2, 0) is 11.2 Å². The fourth-order valence-electron chi connectivity index (χ4n) is 2.06. The first kappa shape index (κ1) is 15.4. The Morgan fingerprint density at radius 2 is 2.06 bits per heavy atom. The molecule has 0 aromatic heterocycles. The highest BCUT2D eigenvalue weighted by Gasteiger charge is 2.22. The molecule has 2 N–H and O–H groups in total. The van der Waals surface area contributed by atoms with Crippen molar-refractivity contribution in [3.05, 3.63) is 34.6 Å². The molecule has 102 valence electrons. The van der Waals surface area contributed by atoms with Crippen molar-refractivity contribution in [3.63, 3.8) is 0 Å². The molecule has 0 bridgehead atoms. The molecule has 2 atom stereocenters. The predicted molar refractivity (Wildman–Crippen MR) is 73.3 cm³/mol. The summed E-state index contributed by atoms with van der Waals surface area (Å²) in [5, 5.41) is 0.421. The minimum atomic E-state index is -0.331. The highest BCUT2D eigenvalue weighted by atomic mass is 35.5. The fraction of sp³-hybridized carbons (Fsp3) is 0.571. The van der Waals surface area contributed by atoms with E-state index in [2.05, 4.69) is 13.8 Å². The average Bonchev–Trinajstić information content (AvgIpc) is 2.29. The van der Waals surface area contributed by atoms with Gasteiger partial charge in [0.2, 0.25) is 0 Å². The van der Waals surface area contributed by atoms with Gasteiger partial charge >= 0.3 is 0 Å². The van der Waals surface area contributed by atoms with Crippen LogP contribution in [0.25, 0.3) is 0 Å². The molecule has 0 aliphatic carbocycles. The Morgan fingerprint density at radius 1 is 1.39 bits per heavy atom. The number of halogens is 2. The van der Waals surface area contributed by atoms with Gasteiger partial charge < -0.3 is 10.5 Å². The molecular weight excluding hydrogens is 253 g/mol. The summed E-state index contributed by atoms with van der Waals surface area (Å²) < 4.78 is 18.6. The van der Waals surface area contributed by atoms with E-state index in [0.29, 0.717) is 24.0 Å². The molecule has 1 aromatic carbocycles. The van der Waals surface area contributed by atoms with E-state index < -0.39 is 0 Å². The first-order valence-electron chi connectivity index (χ1n) is 6.26. The summed E-state index contributed by atoms with van der Waals surface area (Å²) in [6.07, 6.45) is 0.568. The van der Waals surface area contributed by atoms with Crippen molar-refractivity contribution >= 4 is 11.6 Å². The van der Waals surface area contributed by atoms with Crippen LogP contribution in [0.3, 0.4) is 0 Å². The third-order valence-corrected chi connectivity index (χ3v) is 3.26. The van der Waals surface area contributed by atoms with Gasteiger partial charge in [-0.15, -0.1) is 0 Å². The maximum atomic E-state index is 13.0. The monoisotopic (exact) mass is 273 g/mol. The second-order valence-corrected chi connectivity index (χ2v) is 5.17. The Morgan fingerprint density at radius 3 is 2.56 bits per heavy atom. The molecule has 2 unspecified atom stereocenters. The smallest absolute Gasteiger partial charge is 0.124 e. The number of hydrogen-bond acceptors (Lipinski definition) is 2. The van der Waals surface area contributed by atoms with Crippen molar-refractivity contribution in [2.24, 2.45) is 11.7 Å². The molecule has 0 aliphatic rings. The van der Waals surface area contributed by atoms with E-state index in [1.165, 1.54) is 12.1 Å². The van der Waals surface area contributed by atoms with Gasteiger partial charge in [-0.3, -0.25) is 0 Å². The number of hydrogen-bond donors (Lipinski definition) is 1. The van der Waals surface area contributed by atoms with E-state index in [4.69, 9.17) is 22.1 Å². The fourth-order valence-corrected chi connectivity index (χ4v) is 2.30. The van der Waals surface area contributed by atoms with Crippen LogP contribution in [0.4, 0.5) is 4.39 Å². The largest absolute Gasteiger partial charge is 0.377 e. The van der Waals surface area contributed by atoms with E-state index in [1.807, 2.05) is 6.92 Å². The highest BCUT2D eigenvalue weighted by Crippen LogP contribution is 2.21. The van der Waals surface area contributed by atoms with Crippen LogP contribution in [0.2, 0.25) is 5.02 Å². The van der Waals surface area contributed by atoms with Crippen LogP contribution in [0, 0.1) is 11.7 Å². The summed E-state index contributed by atoms with van der Waals surface area (Å²) in [7, 11) is 0. The second-order valence-electron chi connectivity index (χ2n) is 4.77. The first-order valence-corrected chi connectivity index (χ1v) is 6.64. The third kappa shape index (κ3) is 4.23. The molecule has 0 aliphatic heterocycles. The lowest BCUT2D eigenvalue weighted by atomic mass is 9.94. The van der Waals surface area contributed by atoms with E-state index >= 15 is 0 Å². The normalized spacial score (nSPS) is 14.8. The Balaban J connectivity index is 2.75. The Bertz CT molecular complexity index is 384. The zero-order valence-corrected chi connectivity index (χ0v) is 11.9. The average molecular weight is 274 g/mol. The Hall–Kier alpha value is -0.640. The summed E-state index contributed by atoms with van der Waals surface area (Å²) in [5.74, 6) is 0.00159. The molecule has 1 aromatic rings. The third-order valence-electron chi connectivity index (χ3n) is 2.91. The summed E-state index contributed by atoms with van der Waals surface area (Å²) in [6, 6.07) is 4.25. The van der Waals surface area contributed by atoms with Crippen LogP contribution in [-0.4, -0.2) is 18.8 Å². The van der Waals surface area contributed by atoms with Gasteiger partial charge in [0, 0.05) is 17.7 Å². The van der Waals surface area contributed by atoms with Crippen molar-refractivity contribution in [3.8, 4) is 0 Å². The van der Waals surface area contributed by atoms with E-state index in [9.17, 15) is 4.39 Å². The van der Waals surface area contributed by atoms with Crippen LogP contribution in [0.15, 0.2) is 18.2 Å². The van der Waals surface area contributed by atoms with E-state index in [-0.39, 0.29) is 18.0 Å². The number of benzene rings is 1. The van der Waals surface area contributed by atoms with Gasteiger partial charge in [0.05, 0.1) is 6.10 Å². The number of ether oxygens (including phenoxy) is 1. The van der Waals surface area contributed by atoms with E-state index in [0.717, 1.165) is 5.56 Å². The predicted octanol–water partition coefficient (Wildman–Crippen LogP) is 3.41. The molecule has 0 saturated heterocycles. The number of nitrogens with two attached hydrogens (primary N) is 1. The van der Waals surface area contributed by atoms with Crippen LogP contribution in [0.1, 0.15) is 26.3 Å². The van der Waals surface area contributed by atoms with Gasteiger partial charge in [-0.1, -0.05) is 31.5 Å². The molecule has 0 radical (unpaired) electrons. The van der Waals surface area contributed by atoms with Crippen LogP contribution in [0.5, 0.6) is 0 Å². The van der Waals surface area contributed by atoms with Gasteiger partial charge in [-0.2, -0.15) is 0 Å². The molecule has 18 heavy (non-hydrogen) atoms. The lowest BCUT2D eigenvalue weighted by Crippen LogP contribution is -2.42. The minimum absolute atomic E-state index is 0.0175. The van der Waals surface area contributed by atoms with Crippen molar-refractivity contribution in [1.29, 1.82) is 0 Å². The molecule has 0 saturated carbocycles. The SMILES string of the molecule is CCOC(C(C)C)C(N)Cc1ccc(F)cc1Cl. The lowest BCUT2D eigenvalue weighted by Gasteiger charge is -2.27. The van der Waals surface area contributed by atoms with Crippen LogP contribution >= 0.6 is 11.6 Å². The maximum Gasteiger partial charge on any atom is 0.124 e. The molecule has 0 spiro atoms. The molecule has 0 heterocycles. The summed E-state index contributed by atoms with van der Waals surface area (Å²) in [5.41, 5.74) is 7.02. The molecule has 1 rings (SSSR count). The van der Waals surface area contributed by atoms with Crippen molar-refractivity contribution < 1.29 is 9.13 Å². The number of rotatable bonds is 6. The first-order chi connectivity index (χ1) is 8.45. The summed E-state index contributed by atoms with van der Waals surface area (Å²) >= 11 is 6.00. The standard InChI is InChI=1S/C14H21ClFNO/c1-4-18-14(9(2)3)13(17)7-10-5-6-11(16)8-12(10)15/h5-6,8-9,13-14H,4,7,17H2,1-3H3. The summed E-state index contributed by atoms with van der Waals surface area (Å²) in [4.78, 5) is 0. The van der Waals surface area contributed by atoms with Gasteiger partial charge in [0.15, 0.2) is 0 Å². The maximum absolute atomic E-state index is 13.0. The zero-order chi connectivity index (χ0) is 13.7. The zero-order valence-electron chi connectivity index (χ0n) is 11.1. The van der Waals surface area contributed by atoms with Gasteiger partial charge in [-0.05, 0) is 37.0 Å². The topological polar surface area (TPSA) is 35.2 Å². The van der Waals surface area contributed by atoms with Gasteiger partial charge in [-0.25, -0.2) is 4.39 Å². The van der Waals surface area contributed by atoms with Crippen LogP contribution < -0.4 is 5.73 Å². The molecule has 0 fully saturated rings. The lowest BCUT2D eigenvalue weighted by molar-refractivity contribution is 0.0128. The van der Waals surface area contributed by atoms with E-state index in [1.54, 1.807) is 6.07 Å². The molecule has 4 heteroatoms. The molecule has 0 amide bonds. The van der Waals surface area contributed by atoms with Gasteiger partial charge in [0.25, 0.3) is 0 Å².